The maximum Gasteiger partial charge on any atom is 0.229 e. The van der Waals surface area contributed by atoms with Gasteiger partial charge in [-0.05, 0) is 56.0 Å². The second-order valence-corrected chi connectivity index (χ2v) is 8.50. The molecule has 3 amide bonds. The van der Waals surface area contributed by atoms with Gasteiger partial charge in [0.1, 0.15) is 0 Å². The van der Waals surface area contributed by atoms with Crippen molar-refractivity contribution in [2.45, 2.75) is 76.4 Å². The Morgan fingerprint density at radius 1 is 1.12 bits per heavy atom. The van der Waals surface area contributed by atoms with Gasteiger partial charge in [0.2, 0.25) is 17.7 Å². The van der Waals surface area contributed by atoms with Gasteiger partial charge in [0.25, 0.3) is 0 Å². The minimum atomic E-state index is -0.0256. The molecule has 0 N–H and O–H groups in total. The highest BCUT2D eigenvalue weighted by atomic mass is 32.1. The predicted octanol–water partition coefficient (Wildman–Crippen LogP) is 2.66. The minimum absolute atomic E-state index is 0.00332. The first-order valence-electron chi connectivity index (χ1n) is 9.23. The zero-order valence-electron chi connectivity index (χ0n) is 14.6. The van der Waals surface area contributed by atoms with E-state index in [2.05, 4.69) is 23.3 Å². The van der Waals surface area contributed by atoms with Crippen LogP contribution in [0.25, 0.3) is 0 Å². The summed E-state index contributed by atoms with van der Waals surface area (Å²) in [5.74, 6) is 0.183. The number of hydrogen-bond acceptors (Lipinski definition) is 4. The van der Waals surface area contributed by atoms with Gasteiger partial charge in [-0.3, -0.25) is 19.3 Å². The number of piperidine rings is 1. The third-order valence-electron chi connectivity index (χ3n) is 5.99. The number of aryl methyl sites for hydroxylation is 2. The van der Waals surface area contributed by atoms with E-state index in [-0.39, 0.29) is 35.8 Å². The van der Waals surface area contributed by atoms with E-state index in [1.807, 2.05) is 0 Å². The lowest BCUT2D eigenvalue weighted by Gasteiger charge is -2.41. The van der Waals surface area contributed by atoms with Crippen molar-refractivity contribution in [1.82, 2.24) is 9.80 Å². The smallest absolute Gasteiger partial charge is 0.229 e. The summed E-state index contributed by atoms with van der Waals surface area (Å²) in [6.45, 7) is 2.09. The molecule has 3 aliphatic rings. The summed E-state index contributed by atoms with van der Waals surface area (Å²) in [5.41, 5.74) is 1.27. The number of thiophene rings is 1. The van der Waals surface area contributed by atoms with E-state index in [0.717, 1.165) is 32.1 Å². The molecule has 0 aliphatic carbocycles. The molecule has 5 nitrogen and oxygen atoms in total. The standard InChI is InChI=1S/C19H24N2O3S/c1-12-8-9-25-16(12)4-5-17(22)20-13-2-3-14(20)11-15(10-13)21-18(23)6-7-19(21)24/h8-9,13-15H,2-7,10-11H2,1H3. The summed E-state index contributed by atoms with van der Waals surface area (Å²) in [6.07, 6.45) is 5.60. The Kier molecular flexibility index (Phi) is 4.40. The number of likely N-dealkylation sites (tertiary alicyclic amines) is 1. The molecule has 0 saturated carbocycles. The number of carbonyl (C=O) groups is 3. The van der Waals surface area contributed by atoms with Crippen molar-refractivity contribution in [2.24, 2.45) is 0 Å². The highest BCUT2D eigenvalue weighted by Crippen LogP contribution is 2.39. The molecule has 1 aromatic rings. The first-order chi connectivity index (χ1) is 12.0. The monoisotopic (exact) mass is 360 g/mol. The molecule has 3 fully saturated rings. The minimum Gasteiger partial charge on any atom is -0.337 e. The van der Waals surface area contributed by atoms with Crippen LogP contribution < -0.4 is 0 Å². The molecular weight excluding hydrogens is 336 g/mol. The average Bonchev–Trinajstić information content (AvgIpc) is 3.22. The first kappa shape index (κ1) is 16.8. The van der Waals surface area contributed by atoms with Crippen LogP contribution in [-0.4, -0.2) is 45.6 Å². The normalized spacial score (nSPS) is 28.9. The molecule has 134 valence electrons. The van der Waals surface area contributed by atoms with Crippen LogP contribution in [0, 0.1) is 6.92 Å². The summed E-state index contributed by atoms with van der Waals surface area (Å²) in [6, 6.07) is 2.50. The average molecular weight is 360 g/mol. The molecule has 4 rings (SSSR count). The summed E-state index contributed by atoms with van der Waals surface area (Å²) < 4.78 is 0. The fourth-order valence-electron chi connectivity index (χ4n) is 4.78. The van der Waals surface area contributed by atoms with Gasteiger partial charge >= 0.3 is 0 Å². The Labute approximate surface area is 152 Å². The Morgan fingerprint density at radius 3 is 2.32 bits per heavy atom. The molecule has 1 aromatic heterocycles. The molecule has 6 heteroatoms. The van der Waals surface area contributed by atoms with Gasteiger partial charge in [0.05, 0.1) is 0 Å². The van der Waals surface area contributed by atoms with Gasteiger partial charge < -0.3 is 4.90 Å². The molecule has 0 radical (unpaired) electrons. The second kappa shape index (κ2) is 6.56. The molecule has 3 aliphatic heterocycles. The molecule has 25 heavy (non-hydrogen) atoms. The maximum absolute atomic E-state index is 12.8. The number of amides is 3. The molecule has 0 spiro atoms. The SMILES string of the molecule is Cc1ccsc1CCC(=O)N1C2CCC1CC(N1C(=O)CCC1=O)C2. The Bertz CT molecular complexity index is 683. The van der Waals surface area contributed by atoms with Gasteiger partial charge in [-0.1, -0.05) is 0 Å². The highest BCUT2D eigenvalue weighted by Gasteiger charge is 2.47. The fourth-order valence-corrected chi connectivity index (χ4v) is 5.69. The van der Waals surface area contributed by atoms with E-state index in [1.54, 1.807) is 11.3 Å². The van der Waals surface area contributed by atoms with Crippen molar-refractivity contribution in [1.29, 1.82) is 0 Å². The lowest BCUT2D eigenvalue weighted by molar-refractivity contribution is -0.144. The topological polar surface area (TPSA) is 57.7 Å². The molecule has 2 bridgehead atoms. The molecule has 4 heterocycles. The van der Waals surface area contributed by atoms with Crippen molar-refractivity contribution < 1.29 is 14.4 Å². The van der Waals surface area contributed by atoms with E-state index < -0.39 is 0 Å². The highest BCUT2D eigenvalue weighted by molar-refractivity contribution is 7.10. The third kappa shape index (κ3) is 3.01. The van der Waals surface area contributed by atoms with Gasteiger partial charge in [-0.25, -0.2) is 0 Å². The van der Waals surface area contributed by atoms with E-state index in [4.69, 9.17) is 0 Å². The number of fused-ring (bicyclic) bond motifs is 2. The van der Waals surface area contributed by atoms with Crippen LogP contribution >= 0.6 is 11.3 Å². The zero-order chi connectivity index (χ0) is 17.6. The Morgan fingerprint density at radius 2 is 1.76 bits per heavy atom. The summed E-state index contributed by atoms with van der Waals surface area (Å²) in [5, 5.41) is 2.08. The van der Waals surface area contributed by atoms with Crippen molar-refractivity contribution in [3.8, 4) is 0 Å². The number of imide groups is 1. The van der Waals surface area contributed by atoms with Gasteiger partial charge in [-0.15, -0.1) is 11.3 Å². The van der Waals surface area contributed by atoms with Crippen LogP contribution in [0.5, 0.6) is 0 Å². The van der Waals surface area contributed by atoms with Crippen molar-refractivity contribution in [3.63, 3.8) is 0 Å². The number of nitrogens with zero attached hydrogens (tertiary/aromatic N) is 2. The van der Waals surface area contributed by atoms with Crippen LogP contribution in [0.15, 0.2) is 11.4 Å². The maximum atomic E-state index is 12.8. The zero-order valence-corrected chi connectivity index (χ0v) is 15.4. The van der Waals surface area contributed by atoms with Crippen LogP contribution in [0.2, 0.25) is 0 Å². The van der Waals surface area contributed by atoms with E-state index in [0.29, 0.717) is 19.3 Å². The van der Waals surface area contributed by atoms with Gasteiger partial charge in [0.15, 0.2) is 0 Å². The van der Waals surface area contributed by atoms with Gasteiger partial charge in [-0.2, -0.15) is 0 Å². The largest absolute Gasteiger partial charge is 0.337 e. The molecule has 3 saturated heterocycles. The number of hydrogen-bond donors (Lipinski definition) is 0. The van der Waals surface area contributed by atoms with Crippen molar-refractivity contribution in [3.05, 3.63) is 21.9 Å². The molecule has 2 unspecified atom stereocenters. The lowest BCUT2D eigenvalue weighted by atomic mass is 9.95. The third-order valence-corrected chi connectivity index (χ3v) is 7.07. The molecule has 0 aromatic carbocycles. The van der Waals surface area contributed by atoms with E-state index in [9.17, 15) is 14.4 Å². The number of carbonyl (C=O) groups excluding carboxylic acids is 3. The van der Waals surface area contributed by atoms with Crippen LogP contribution in [0.3, 0.4) is 0 Å². The number of rotatable bonds is 4. The Balaban J connectivity index is 1.40. The fraction of sp³-hybridized carbons (Fsp3) is 0.632. The summed E-state index contributed by atoms with van der Waals surface area (Å²) in [7, 11) is 0. The van der Waals surface area contributed by atoms with Crippen molar-refractivity contribution >= 4 is 29.1 Å². The van der Waals surface area contributed by atoms with Gasteiger partial charge in [0, 0.05) is 42.3 Å². The second-order valence-electron chi connectivity index (χ2n) is 7.50. The Hall–Kier alpha value is -1.69. The summed E-state index contributed by atoms with van der Waals surface area (Å²) >= 11 is 1.72. The molecule has 2 atom stereocenters. The predicted molar refractivity (Wildman–Crippen MR) is 95.1 cm³/mol. The molecular formula is C19H24N2O3S. The quantitative estimate of drug-likeness (QED) is 0.776. The van der Waals surface area contributed by atoms with E-state index >= 15 is 0 Å². The first-order valence-corrected chi connectivity index (χ1v) is 10.1. The van der Waals surface area contributed by atoms with Crippen LogP contribution in [-0.2, 0) is 20.8 Å². The summed E-state index contributed by atoms with van der Waals surface area (Å²) in [4.78, 5) is 41.7. The van der Waals surface area contributed by atoms with E-state index in [1.165, 1.54) is 15.3 Å². The lowest BCUT2D eigenvalue weighted by Crippen LogP contribution is -2.53. The van der Waals surface area contributed by atoms with Crippen LogP contribution in [0.4, 0.5) is 0 Å². The van der Waals surface area contributed by atoms with Crippen molar-refractivity contribution in [2.75, 3.05) is 0 Å². The van der Waals surface area contributed by atoms with Crippen LogP contribution in [0.1, 0.15) is 55.4 Å².